The Morgan fingerprint density at radius 1 is 0.967 bits per heavy atom. The summed E-state index contributed by atoms with van der Waals surface area (Å²) < 4.78 is 5.61. The van der Waals surface area contributed by atoms with E-state index in [1.807, 2.05) is 74.5 Å². The van der Waals surface area contributed by atoms with Crippen molar-refractivity contribution in [2.45, 2.75) is 20.3 Å². The lowest BCUT2D eigenvalue weighted by molar-refractivity contribution is -0.123. The van der Waals surface area contributed by atoms with Gasteiger partial charge >= 0.3 is 0 Å². The van der Waals surface area contributed by atoms with Crippen molar-refractivity contribution in [3.8, 4) is 5.75 Å². The van der Waals surface area contributed by atoms with E-state index in [0.29, 0.717) is 24.3 Å². The van der Waals surface area contributed by atoms with Crippen molar-refractivity contribution in [1.29, 1.82) is 0 Å². The van der Waals surface area contributed by atoms with Crippen LogP contribution in [0.1, 0.15) is 16.7 Å². The standard InChI is InChI=1S/C25H24N2O3/c1-16-7-8-17(2)24-22(16)14-20(25(29)27-24)11-12-26-23(28)15-30-21-10-9-18-5-3-4-6-19(18)13-21/h3-10,13-14H,11-12,15H2,1-2H3,(H,26,28)(H,27,29). The summed E-state index contributed by atoms with van der Waals surface area (Å²) in [6, 6.07) is 19.7. The molecular weight excluding hydrogens is 376 g/mol. The maximum Gasteiger partial charge on any atom is 0.257 e. The number of H-pyrrole nitrogens is 1. The van der Waals surface area contributed by atoms with Crippen LogP contribution in [-0.2, 0) is 11.2 Å². The highest BCUT2D eigenvalue weighted by Gasteiger charge is 2.08. The lowest BCUT2D eigenvalue weighted by Crippen LogP contribution is -2.31. The minimum atomic E-state index is -0.215. The van der Waals surface area contributed by atoms with Crippen LogP contribution in [0.15, 0.2) is 65.5 Å². The molecule has 0 saturated carbocycles. The molecule has 0 radical (unpaired) electrons. The molecule has 1 aromatic heterocycles. The highest BCUT2D eigenvalue weighted by molar-refractivity contribution is 5.85. The van der Waals surface area contributed by atoms with Crippen molar-refractivity contribution in [3.63, 3.8) is 0 Å². The SMILES string of the molecule is Cc1ccc(C)c2[nH]c(=O)c(CCNC(=O)COc3ccc4ccccc4c3)cc12. The first-order valence-electron chi connectivity index (χ1n) is 10.0. The Kier molecular flexibility index (Phi) is 5.53. The van der Waals surface area contributed by atoms with Crippen LogP contribution in [-0.4, -0.2) is 24.0 Å². The quantitative estimate of drug-likeness (QED) is 0.513. The molecule has 0 aliphatic heterocycles. The Balaban J connectivity index is 1.34. The number of aromatic amines is 1. The number of amides is 1. The molecule has 4 rings (SSSR count). The molecule has 4 aromatic rings. The van der Waals surface area contributed by atoms with Crippen LogP contribution in [0.25, 0.3) is 21.7 Å². The Morgan fingerprint density at radius 2 is 1.73 bits per heavy atom. The number of aryl methyl sites for hydroxylation is 2. The molecular formula is C25H24N2O3. The number of aromatic nitrogens is 1. The van der Waals surface area contributed by atoms with Gasteiger partial charge in [0.2, 0.25) is 0 Å². The van der Waals surface area contributed by atoms with Crippen molar-refractivity contribution < 1.29 is 9.53 Å². The third-order valence-electron chi connectivity index (χ3n) is 5.33. The highest BCUT2D eigenvalue weighted by Crippen LogP contribution is 2.21. The van der Waals surface area contributed by atoms with Gasteiger partial charge in [0.15, 0.2) is 6.61 Å². The van der Waals surface area contributed by atoms with Crippen LogP contribution < -0.4 is 15.6 Å². The van der Waals surface area contributed by atoms with Gasteiger partial charge in [-0.2, -0.15) is 0 Å². The van der Waals surface area contributed by atoms with Gasteiger partial charge in [-0.05, 0) is 60.4 Å². The number of fused-ring (bicyclic) bond motifs is 2. The van der Waals surface area contributed by atoms with Crippen LogP contribution in [0, 0.1) is 13.8 Å². The molecule has 1 heterocycles. The van der Waals surface area contributed by atoms with Gasteiger partial charge in [-0.15, -0.1) is 0 Å². The number of benzene rings is 3. The lowest BCUT2D eigenvalue weighted by atomic mass is 10.0. The van der Waals surface area contributed by atoms with Crippen molar-refractivity contribution in [2.75, 3.05) is 13.2 Å². The Morgan fingerprint density at radius 3 is 2.57 bits per heavy atom. The largest absolute Gasteiger partial charge is 0.484 e. The van der Waals surface area contributed by atoms with E-state index in [1.54, 1.807) is 0 Å². The van der Waals surface area contributed by atoms with Gasteiger partial charge in [0.1, 0.15) is 5.75 Å². The smallest absolute Gasteiger partial charge is 0.257 e. The van der Waals surface area contributed by atoms with E-state index in [-0.39, 0.29) is 18.1 Å². The van der Waals surface area contributed by atoms with E-state index in [0.717, 1.165) is 32.8 Å². The summed E-state index contributed by atoms with van der Waals surface area (Å²) in [6.07, 6.45) is 0.459. The zero-order chi connectivity index (χ0) is 21.1. The van der Waals surface area contributed by atoms with Crippen LogP contribution >= 0.6 is 0 Å². The van der Waals surface area contributed by atoms with Gasteiger partial charge in [-0.1, -0.05) is 42.5 Å². The molecule has 3 aromatic carbocycles. The monoisotopic (exact) mass is 400 g/mol. The fourth-order valence-corrected chi connectivity index (χ4v) is 3.60. The van der Waals surface area contributed by atoms with E-state index in [9.17, 15) is 9.59 Å². The predicted molar refractivity (Wildman–Crippen MR) is 120 cm³/mol. The van der Waals surface area contributed by atoms with Crippen LogP contribution in [0.2, 0.25) is 0 Å². The zero-order valence-electron chi connectivity index (χ0n) is 17.1. The molecule has 0 aliphatic rings. The summed E-state index contributed by atoms with van der Waals surface area (Å²) in [6.45, 7) is 4.31. The van der Waals surface area contributed by atoms with E-state index in [4.69, 9.17) is 4.74 Å². The Hall–Kier alpha value is -3.60. The normalized spacial score (nSPS) is 11.0. The molecule has 0 atom stereocenters. The number of ether oxygens (including phenoxy) is 1. The van der Waals surface area contributed by atoms with Gasteiger partial charge in [0.05, 0.1) is 5.52 Å². The second-order valence-corrected chi connectivity index (χ2v) is 7.51. The molecule has 0 fully saturated rings. The molecule has 2 N–H and O–H groups in total. The first-order valence-corrected chi connectivity index (χ1v) is 10.0. The molecule has 0 aliphatic carbocycles. The van der Waals surface area contributed by atoms with Crippen LogP contribution in [0.5, 0.6) is 5.75 Å². The fraction of sp³-hybridized carbons (Fsp3) is 0.200. The van der Waals surface area contributed by atoms with Crippen molar-refractivity contribution in [3.05, 3.63) is 87.7 Å². The number of carbonyl (C=O) groups is 1. The highest BCUT2D eigenvalue weighted by atomic mass is 16.5. The van der Waals surface area contributed by atoms with Crippen molar-refractivity contribution in [2.24, 2.45) is 0 Å². The Labute approximate surface area is 174 Å². The average molecular weight is 400 g/mol. The van der Waals surface area contributed by atoms with Gasteiger partial charge in [-0.25, -0.2) is 0 Å². The second kappa shape index (κ2) is 8.41. The summed E-state index contributed by atoms with van der Waals surface area (Å²) in [5.41, 5.74) is 3.57. The number of hydrogen-bond acceptors (Lipinski definition) is 3. The summed E-state index contributed by atoms with van der Waals surface area (Å²) in [5.74, 6) is 0.438. The van der Waals surface area contributed by atoms with Gasteiger partial charge in [0.25, 0.3) is 11.5 Å². The number of nitrogens with one attached hydrogen (secondary N) is 2. The molecule has 5 nitrogen and oxygen atoms in total. The van der Waals surface area contributed by atoms with Gasteiger partial charge < -0.3 is 15.0 Å². The average Bonchev–Trinajstić information content (AvgIpc) is 2.75. The number of rotatable bonds is 6. The fourth-order valence-electron chi connectivity index (χ4n) is 3.60. The Bertz CT molecular complexity index is 1290. The summed E-state index contributed by atoms with van der Waals surface area (Å²) in [4.78, 5) is 27.5. The zero-order valence-corrected chi connectivity index (χ0v) is 17.1. The number of carbonyl (C=O) groups excluding carboxylic acids is 1. The number of pyridine rings is 1. The predicted octanol–water partition coefficient (Wildman–Crippen LogP) is 4.04. The first kappa shape index (κ1) is 19.7. The maximum absolute atomic E-state index is 12.4. The van der Waals surface area contributed by atoms with Crippen molar-refractivity contribution >= 4 is 27.6 Å². The molecule has 30 heavy (non-hydrogen) atoms. The first-order chi connectivity index (χ1) is 14.5. The molecule has 0 bridgehead atoms. The summed E-state index contributed by atoms with van der Waals surface area (Å²) >= 11 is 0. The van der Waals surface area contributed by atoms with E-state index < -0.39 is 0 Å². The van der Waals surface area contributed by atoms with Crippen LogP contribution in [0.3, 0.4) is 0 Å². The molecule has 0 saturated heterocycles. The third kappa shape index (κ3) is 4.20. The minimum Gasteiger partial charge on any atom is -0.484 e. The molecule has 0 spiro atoms. The minimum absolute atomic E-state index is 0.0648. The summed E-state index contributed by atoms with van der Waals surface area (Å²) in [7, 11) is 0. The molecule has 5 heteroatoms. The second-order valence-electron chi connectivity index (χ2n) is 7.51. The van der Waals surface area contributed by atoms with Crippen LogP contribution in [0.4, 0.5) is 0 Å². The molecule has 0 unspecified atom stereocenters. The van der Waals surface area contributed by atoms with E-state index >= 15 is 0 Å². The maximum atomic E-state index is 12.4. The van der Waals surface area contributed by atoms with Crippen molar-refractivity contribution in [1.82, 2.24) is 10.3 Å². The summed E-state index contributed by atoms with van der Waals surface area (Å²) in [5, 5.41) is 6.05. The van der Waals surface area contributed by atoms with E-state index in [1.165, 1.54) is 0 Å². The lowest BCUT2D eigenvalue weighted by Gasteiger charge is -2.10. The van der Waals surface area contributed by atoms with Gasteiger partial charge in [0, 0.05) is 17.5 Å². The molecule has 1 amide bonds. The molecule has 152 valence electrons. The topological polar surface area (TPSA) is 71.2 Å². The van der Waals surface area contributed by atoms with Gasteiger partial charge in [-0.3, -0.25) is 9.59 Å². The number of hydrogen-bond donors (Lipinski definition) is 2. The van der Waals surface area contributed by atoms with E-state index in [2.05, 4.69) is 10.3 Å². The third-order valence-corrected chi connectivity index (χ3v) is 5.33.